The van der Waals surface area contributed by atoms with Gasteiger partial charge in [0, 0.05) is 47.6 Å². The van der Waals surface area contributed by atoms with Gasteiger partial charge >= 0.3 is 0 Å². The van der Waals surface area contributed by atoms with Crippen LogP contribution in [0.1, 0.15) is 59.0 Å². The first-order valence-corrected chi connectivity index (χ1v) is 10.9. The van der Waals surface area contributed by atoms with Crippen molar-refractivity contribution >= 4 is 29.1 Å². The number of hydrogen-bond acceptors (Lipinski definition) is 5. The molecule has 0 unspecified atom stereocenters. The molecule has 0 saturated carbocycles. The Bertz CT molecular complexity index is 1120. The fourth-order valence-corrected chi connectivity index (χ4v) is 4.46. The first kappa shape index (κ1) is 21.9. The molecule has 1 N–H and O–H groups in total. The Morgan fingerprint density at radius 1 is 0.938 bits per heavy atom. The van der Waals surface area contributed by atoms with E-state index in [4.69, 9.17) is 0 Å². The van der Waals surface area contributed by atoms with Crippen molar-refractivity contribution in [2.45, 2.75) is 32.7 Å². The Hall–Kier alpha value is -3.32. The third-order valence-electron chi connectivity index (χ3n) is 6.28. The summed E-state index contributed by atoms with van der Waals surface area (Å²) in [4.78, 5) is 54.9. The Balaban J connectivity index is 1.49. The van der Waals surface area contributed by atoms with Gasteiger partial charge in [-0.3, -0.25) is 24.1 Å². The average molecular weight is 434 g/mol. The molecule has 0 aromatic heterocycles. The largest absolute Gasteiger partial charge is 0.340 e. The number of nitrogens with one attached hydrogen (secondary N) is 1. The maximum absolute atomic E-state index is 12.9. The number of ketones is 2. The van der Waals surface area contributed by atoms with E-state index in [0.717, 1.165) is 6.42 Å². The van der Waals surface area contributed by atoms with Gasteiger partial charge in [0.2, 0.25) is 11.8 Å². The van der Waals surface area contributed by atoms with Gasteiger partial charge in [-0.15, -0.1) is 0 Å². The number of carbonyl (C=O) groups is 4. The molecule has 1 saturated heterocycles. The second-order valence-corrected chi connectivity index (χ2v) is 8.79. The predicted molar refractivity (Wildman–Crippen MR) is 121 cm³/mol. The minimum Gasteiger partial charge on any atom is -0.340 e. The summed E-state index contributed by atoms with van der Waals surface area (Å²) in [5.41, 5.74) is 1.07. The topological polar surface area (TPSA) is 86.8 Å². The molecule has 1 aliphatic carbocycles. The highest BCUT2D eigenvalue weighted by molar-refractivity contribution is 6.28. The molecule has 1 aliphatic heterocycles. The lowest BCUT2D eigenvalue weighted by Gasteiger charge is -2.45. The van der Waals surface area contributed by atoms with Crippen molar-refractivity contribution in [3.05, 3.63) is 64.7 Å². The third kappa shape index (κ3) is 3.73. The maximum atomic E-state index is 12.9. The molecule has 0 bridgehead atoms. The van der Waals surface area contributed by atoms with Crippen LogP contribution in [0.5, 0.6) is 0 Å². The molecule has 2 amide bonds. The summed E-state index contributed by atoms with van der Waals surface area (Å²) >= 11 is 0. The van der Waals surface area contributed by atoms with Crippen LogP contribution in [0.4, 0.5) is 5.69 Å². The maximum Gasteiger partial charge on any atom is 0.242 e. The van der Waals surface area contributed by atoms with Crippen LogP contribution in [-0.2, 0) is 9.59 Å². The van der Waals surface area contributed by atoms with Gasteiger partial charge in [0.25, 0.3) is 0 Å². The van der Waals surface area contributed by atoms with Gasteiger partial charge in [-0.25, -0.2) is 0 Å². The van der Waals surface area contributed by atoms with Crippen LogP contribution in [0.3, 0.4) is 0 Å². The fourth-order valence-electron chi connectivity index (χ4n) is 4.46. The number of hydrogen-bond donors (Lipinski definition) is 1. The molecule has 1 heterocycles. The van der Waals surface area contributed by atoms with Crippen LogP contribution in [0, 0.1) is 0 Å². The molecule has 2 aliphatic rings. The van der Waals surface area contributed by atoms with E-state index < -0.39 is 5.54 Å². The Morgan fingerprint density at radius 3 is 2.22 bits per heavy atom. The highest BCUT2D eigenvalue weighted by Crippen LogP contribution is 2.29. The molecular formula is C25H27N3O4. The molecule has 2 aromatic rings. The summed E-state index contributed by atoms with van der Waals surface area (Å²) in [5.74, 6) is -0.678. The van der Waals surface area contributed by atoms with Crippen LogP contribution >= 0.6 is 0 Å². The Labute approximate surface area is 187 Å². The van der Waals surface area contributed by atoms with Gasteiger partial charge in [-0.2, -0.15) is 0 Å². The first-order chi connectivity index (χ1) is 15.2. The summed E-state index contributed by atoms with van der Waals surface area (Å²) in [6.07, 6.45) is 0.895. The lowest BCUT2D eigenvalue weighted by Crippen LogP contribution is -2.64. The number of amides is 2. The second-order valence-electron chi connectivity index (χ2n) is 8.79. The summed E-state index contributed by atoms with van der Waals surface area (Å²) in [6.45, 7) is 7.70. The Morgan fingerprint density at radius 2 is 1.56 bits per heavy atom. The third-order valence-corrected chi connectivity index (χ3v) is 6.28. The van der Waals surface area contributed by atoms with E-state index in [0.29, 0.717) is 42.0 Å². The van der Waals surface area contributed by atoms with Crippen molar-refractivity contribution in [1.82, 2.24) is 9.80 Å². The van der Waals surface area contributed by atoms with Gasteiger partial charge < -0.3 is 10.2 Å². The number of anilines is 1. The smallest absolute Gasteiger partial charge is 0.242 e. The number of fused-ring (bicyclic) bond motifs is 2. The van der Waals surface area contributed by atoms with Crippen LogP contribution in [0.2, 0.25) is 0 Å². The van der Waals surface area contributed by atoms with Crippen molar-refractivity contribution in [2.24, 2.45) is 0 Å². The number of benzene rings is 2. The van der Waals surface area contributed by atoms with Crippen LogP contribution in [0.15, 0.2) is 42.5 Å². The van der Waals surface area contributed by atoms with Gasteiger partial charge in [0.15, 0.2) is 11.6 Å². The molecule has 7 heteroatoms. The normalized spacial score (nSPS) is 17.7. The molecule has 0 radical (unpaired) electrons. The average Bonchev–Trinajstić information content (AvgIpc) is 2.77. The Kier molecular flexibility index (Phi) is 5.69. The monoisotopic (exact) mass is 433 g/mol. The molecule has 32 heavy (non-hydrogen) atoms. The van der Waals surface area contributed by atoms with Crippen molar-refractivity contribution in [2.75, 3.05) is 31.5 Å². The predicted octanol–water partition coefficient (Wildman–Crippen LogP) is 2.73. The van der Waals surface area contributed by atoms with E-state index in [9.17, 15) is 19.2 Å². The molecule has 1 fully saturated rings. The number of nitrogens with zero attached hydrogens (tertiary/aromatic N) is 2. The second kappa shape index (κ2) is 8.31. The zero-order chi connectivity index (χ0) is 23.0. The lowest BCUT2D eigenvalue weighted by molar-refractivity contribution is -0.149. The quantitative estimate of drug-likeness (QED) is 0.669. The molecule has 7 nitrogen and oxygen atoms in total. The van der Waals surface area contributed by atoms with E-state index in [2.05, 4.69) is 5.32 Å². The van der Waals surface area contributed by atoms with Crippen molar-refractivity contribution < 1.29 is 19.2 Å². The fraction of sp³-hybridized carbons (Fsp3) is 0.360. The van der Waals surface area contributed by atoms with Crippen molar-refractivity contribution in [3.63, 3.8) is 0 Å². The first-order valence-electron chi connectivity index (χ1n) is 10.9. The van der Waals surface area contributed by atoms with Crippen molar-refractivity contribution in [3.8, 4) is 0 Å². The SMILES string of the molecule is CCCN1CCN(CC(=O)Nc2ccc3c(c2)C(=O)c2ccccc2C3=O)C(C)(C)C1=O. The summed E-state index contributed by atoms with van der Waals surface area (Å²) < 4.78 is 0. The molecule has 2 aromatic carbocycles. The summed E-state index contributed by atoms with van der Waals surface area (Å²) in [6, 6.07) is 11.5. The molecule has 166 valence electrons. The molecule has 0 atom stereocenters. The van der Waals surface area contributed by atoms with Crippen LogP contribution < -0.4 is 5.32 Å². The summed E-state index contributed by atoms with van der Waals surface area (Å²) in [7, 11) is 0. The zero-order valence-electron chi connectivity index (χ0n) is 18.6. The lowest BCUT2D eigenvalue weighted by atomic mass is 9.84. The van der Waals surface area contributed by atoms with E-state index in [-0.39, 0.29) is 35.5 Å². The van der Waals surface area contributed by atoms with E-state index in [1.807, 2.05) is 30.6 Å². The number of carbonyl (C=O) groups excluding carboxylic acids is 4. The number of piperazine rings is 1. The van der Waals surface area contributed by atoms with Gasteiger partial charge in [-0.1, -0.05) is 31.2 Å². The highest BCUT2D eigenvalue weighted by Gasteiger charge is 2.42. The molecule has 4 rings (SSSR count). The summed E-state index contributed by atoms with van der Waals surface area (Å²) in [5, 5.41) is 2.82. The van der Waals surface area contributed by atoms with Crippen LogP contribution in [-0.4, -0.2) is 64.9 Å². The highest BCUT2D eigenvalue weighted by atomic mass is 16.2. The van der Waals surface area contributed by atoms with Crippen molar-refractivity contribution in [1.29, 1.82) is 0 Å². The van der Waals surface area contributed by atoms with E-state index in [1.165, 1.54) is 0 Å². The molecular weight excluding hydrogens is 406 g/mol. The van der Waals surface area contributed by atoms with Gasteiger partial charge in [0.05, 0.1) is 12.1 Å². The zero-order valence-corrected chi connectivity index (χ0v) is 18.6. The van der Waals surface area contributed by atoms with E-state index in [1.54, 1.807) is 42.5 Å². The van der Waals surface area contributed by atoms with E-state index >= 15 is 0 Å². The van der Waals surface area contributed by atoms with Crippen LogP contribution in [0.25, 0.3) is 0 Å². The molecule has 0 spiro atoms. The van der Waals surface area contributed by atoms with Gasteiger partial charge in [0.1, 0.15) is 0 Å². The standard InChI is InChI=1S/C25H27N3O4/c1-4-11-27-12-13-28(25(2,3)24(27)32)15-21(29)26-16-9-10-19-20(14-16)23(31)18-8-6-5-7-17(18)22(19)30/h5-10,14H,4,11-13,15H2,1-3H3,(H,26,29). The minimum absolute atomic E-state index is 0.0231. The van der Waals surface area contributed by atoms with Gasteiger partial charge in [-0.05, 0) is 38.5 Å². The minimum atomic E-state index is -0.771. The number of rotatable bonds is 5.